The van der Waals surface area contributed by atoms with E-state index >= 15 is 0 Å². The number of aromatic nitrogens is 3. The first-order valence-electron chi connectivity index (χ1n) is 7.65. The van der Waals surface area contributed by atoms with Gasteiger partial charge in [-0.1, -0.05) is 9.90 Å². The monoisotopic (exact) mass is 347 g/mol. The number of nitrogens with one attached hydrogen (secondary N) is 2. The Bertz CT molecular complexity index is 777. The Hall–Kier alpha value is -1.91. The summed E-state index contributed by atoms with van der Waals surface area (Å²) in [6.45, 7) is 2.53. The Balaban J connectivity index is 2.09. The molecule has 0 aliphatic carbocycles. The Morgan fingerprint density at radius 1 is 1.29 bits per heavy atom. The number of alkyl halides is 3. The molecule has 7 nitrogen and oxygen atoms in total. The van der Waals surface area contributed by atoms with Crippen LogP contribution < -0.4 is 9.44 Å². The van der Waals surface area contributed by atoms with Gasteiger partial charge >= 0.3 is 12.5 Å². The number of hydrogen-bond acceptors (Lipinski definition) is 3. The summed E-state index contributed by atoms with van der Waals surface area (Å²) in [5, 5.41) is 2.62. The third-order valence-electron chi connectivity index (χ3n) is 4.13. The van der Waals surface area contributed by atoms with Gasteiger partial charge in [0.1, 0.15) is 0 Å². The lowest BCUT2D eigenvalue weighted by Crippen LogP contribution is -3.09. The number of hydrogen-bond donors (Lipinski definition) is 2. The van der Waals surface area contributed by atoms with Gasteiger partial charge in [0.2, 0.25) is 11.0 Å². The van der Waals surface area contributed by atoms with Gasteiger partial charge in [-0.25, -0.2) is 4.90 Å². The van der Waals surface area contributed by atoms with Gasteiger partial charge in [-0.3, -0.25) is 4.90 Å². The average Bonchev–Trinajstić information content (AvgIpc) is 2.84. The molecule has 1 atom stereocenters. The summed E-state index contributed by atoms with van der Waals surface area (Å²) in [5.41, 5.74) is -0.453. The summed E-state index contributed by atoms with van der Waals surface area (Å²) in [4.78, 5) is 15.3. The molecule has 0 radical (unpaired) electrons. The highest BCUT2D eigenvalue weighted by Crippen LogP contribution is 2.30. The fourth-order valence-electron chi connectivity index (χ4n) is 3.07. The second kappa shape index (κ2) is 6.19. The van der Waals surface area contributed by atoms with Crippen molar-refractivity contribution >= 4 is 11.0 Å². The molecule has 2 heterocycles. The molecule has 1 aliphatic heterocycles. The molecule has 2 N–H and O–H groups in total. The molecule has 2 aromatic rings. The zero-order valence-electron chi connectivity index (χ0n) is 13.4. The summed E-state index contributed by atoms with van der Waals surface area (Å²) >= 11 is 0. The Morgan fingerprint density at radius 3 is 2.54 bits per heavy atom. The summed E-state index contributed by atoms with van der Waals surface area (Å²) < 4.78 is 46.0. The van der Waals surface area contributed by atoms with Gasteiger partial charge in [-0.2, -0.15) is 13.2 Å². The van der Waals surface area contributed by atoms with Crippen LogP contribution in [0.15, 0.2) is 18.2 Å². The number of rotatable bonds is 3. The van der Waals surface area contributed by atoms with E-state index in [4.69, 9.17) is 4.74 Å². The molecular weight excluding hydrogens is 327 g/mol. The highest BCUT2D eigenvalue weighted by atomic mass is 19.4. The molecule has 1 saturated heterocycles. The lowest BCUT2D eigenvalue weighted by molar-refractivity contribution is -0.919. The van der Waals surface area contributed by atoms with Crippen molar-refractivity contribution in [1.82, 2.24) is 14.8 Å². The highest BCUT2D eigenvalue weighted by molar-refractivity contribution is 5.72. The predicted molar refractivity (Wildman–Crippen MR) is 78.9 cm³/mol. The smallest absolute Gasteiger partial charge is 0.379 e. The van der Waals surface area contributed by atoms with Crippen LogP contribution in [0, 0.1) is 4.91 Å². The van der Waals surface area contributed by atoms with Crippen molar-refractivity contribution in [3.05, 3.63) is 28.7 Å². The lowest BCUT2D eigenvalue weighted by Gasteiger charge is -2.32. The fraction of sp³-hybridized carbons (Fsp3) is 0.571. The molecule has 10 heteroatoms. The summed E-state index contributed by atoms with van der Waals surface area (Å²) in [6.07, 6.45) is -4.73. The summed E-state index contributed by atoms with van der Waals surface area (Å²) in [5.74, 6) is 0. The normalized spacial score (nSPS) is 18.4. The van der Waals surface area contributed by atoms with Gasteiger partial charge in [-0.05, 0) is 17.0 Å². The summed E-state index contributed by atoms with van der Waals surface area (Å²) in [6, 6.07) is 3.20. The quantitative estimate of drug-likeness (QED) is 0.759. The van der Waals surface area contributed by atoms with E-state index in [2.05, 4.69) is 10.1 Å². The SMILES string of the molecule is C[NH+](C)C(N1CCOCC1)n1[nH][n+](=O)c2cc(C(F)(F)F)ccc21. The topological polar surface area (TPSA) is 60.6 Å². The van der Waals surface area contributed by atoms with Crippen molar-refractivity contribution in [2.45, 2.75) is 12.5 Å². The first kappa shape index (κ1) is 16.9. The highest BCUT2D eigenvalue weighted by Gasteiger charge is 2.37. The second-order valence-electron chi connectivity index (χ2n) is 6.06. The third kappa shape index (κ3) is 3.04. The van der Waals surface area contributed by atoms with Crippen LogP contribution in [0.1, 0.15) is 11.9 Å². The van der Waals surface area contributed by atoms with Crippen molar-refractivity contribution in [1.29, 1.82) is 0 Å². The number of H-pyrrole nitrogens is 1. The van der Waals surface area contributed by atoms with E-state index in [-0.39, 0.29) is 11.8 Å². The standard InChI is InChI=1S/C14H19F3N5O2/c1-19(2)13(20-5-7-24-8-6-20)21-11-4-3-10(14(15,16)17)9-12(11)22(23)18-21/h3-4,9,13H,5-8H2,1-2H3,(H,18,23)/q+1/p+1. The van der Waals surface area contributed by atoms with Crippen LogP contribution in [0.3, 0.4) is 0 Å². The van der Waals surface area contributed by atoms with E-state index in [0.29, 0.717) is 36.4 Å². The predicted octanol–water partition coefficient (Wildman–Crippen LogP) is -0.164. The number of ether oxygens (including phenoxy) is 1. The van der Waals surface area contributed by atoms with E-state index in [9.17, 15) is 18.1 Å². The first-order chi connectivity index (χ1) is 11.3. The Kier molecular flexibility index (Phi) is 4.37. The van der Waals surface area contributed by atoms with Gasteiger partial charge in [0.15, 0.2) is 0 Å². The van der Waals surface area contributed by atoms with E-state index in [1.165, 1.54) is 6.07 Å². The summed E-state index contributed by atoms with van der Waals surface area (Å²) in [7, 11) is 3.86. The van der Waals surface area contributed by atoms with Gasteiger partial charge in [0.25, 0.3) is 0 Å². The molecular formula is C14H20F3N5O2+2. The van der Waals surface area contributed by atoms with Crippen molar-refractivity contribution in [2.24, 2.45) is 0 Å². The Morgan fingerprint density at radius 2 is 1.96 bits per heavy atom. The fourth-order valence-corrected chi connectivity index (χ4v) is 3.07. The molecule has 0 saturated carbocycles. The maximum atomic E-state index is 12.9. The largest absolute Gasteiger partial charge is 0.416 e. The maximum Gasteiger partial charge on any atom is 0.416 e. The molecule has 0 spiro atoms. The van der Waals surface area contributed by atoms with E-state index in [1.807, 2.05) is 14.1 Å². The zero-order chi connectivity index (χ0) is 17.5. The Labute approximate surface area is 135 Å². The van der Waals surface area contributed by atoms with Gasteiger partial charge in [0.05, 0.1) is 37.4 Å². The number of morpholine rings is 1. The van der Waals surface area contributed by atoms with E-state index < -0.39 is 11.7 Å². The first-order valence-corrected chi connectivity index (χ1v) is 7.65. The van der Waals surface area contributed by atoms with Crippen LogP contribution in [0.4, 0.5) is 13.2 Å². The number of aromatic amines is 1. The van der Waals surface area contributed by atoms with Gasteiger partial charge < -0.3 is 4.74 Å². The van der Waals surface area contributed by atoms with Crippen LogP contribution in [-0.2, 0) is 10.9 Å². The van der Waals surface area contributed by atoms with Gasteiger partial charge in [-0.15, -0.1) is 0 Å². The molecule has 1 aromatic carbocycles. The minimum atomic E-state index is -4.49. The minimum Gasteiger partial charge on any atom is -0.379 e. The van der Waals surface area contributed by atoms with Crippen LogP contribution >= 0.6 is 0 Å². The number of halogens is 3. The number of quaternary nitrogens is 1. The molecule has 132 valence electrons. The molecule has 1 unspecified atom stereocenters. The lowest BCUT2D eigenvalue weighted by atomic mass is 10.2. The van der Waals surface area contributed by atoms with Crippen LogP contribution in [0.5, 0.6) is 0 Å². The molecule has 24 heavy (non-hydrogen) atoms. The number of fused-ring (bicyclic) bond motifs is 1. The van der Waals surface area contributed by atoms with Crippen LogP contribution in [0.2, 0.25) is 0 Å². The molecule has 3 rings (SSSR count). The maximum absolute atomic E-state index is 12.9. The van der Waals surface area contributed by atoms with Crippen LogP contribution in [-0.4, -0.2) is 55.2 Å². The number of nitrogens with zero attached hydrogens (tertiary/aromatic N) is 3. The molecule has 1 aliphatic rings. The third-order valence-corrected chi connectivity index (χ3v) is 4.13. The van der Waals surface area contributed by atoms with E-state index in [0.717, 1.165) is 17.0 Å². The average molecular weight is 347 g/mol. The molecule has 0 amide bonds. The number of benzene rings is 1. The molecule has 0 bridgehead atoms. The molecule has 1 fully saturated rings. The minimum absolute atomic E-state index is 0.0377. The van der Waals surface area contributed by atoms with Crippen molar-refractivity contribution < 1.29 is 27.3 Å². The van der Waals surface area contributed by atoms with Crippen molar-refractivity contribution in [3.63, 3.8) is 0 Å². The van der Waals surface area contributed by atoms with Crippen molar-refractivity contribution in [2.75, 3.05) is 40.4 Å². The van der Waals surface area contributed by atoms with Gasteiger partial charge in [0, 0.05) is 19.2 Å². The molecule has 1 aromatic heterocycles. The van der Waals surface area contributed by atoms with E-state index in [1.54, 1.807) is 4.68 Å². The van der Waals surface area contributed by atoms with Crippen molar-refractivity contribution in [3.8, 4) is 0 Å². The van der Waals surface area contributed by atoms with Crippen LogP contribution in [0.25, 0.3) is 11.0 Å². The second-order valence-corrected chi connectivity index (χ2v) is 6.06. The zero-order valence-corrected chi connectivity index (χ0v) is 13.4.